The number of amidine groups is 1. The number of nitrogens with zero attached hydrogens (tertiary/aromatic N) is 2. The van der Waals surface area contributed by atoms with Gasteiger partial charge in [0.25, 0.3) is 5.91 Å². The molecule has 214 valence electrons. The molecule has 1 saturated heterocycles. The molecule has 4 aromatic rings. The molecule has 1 fully saturated rings. The van der Waals surface area contributed by atoms with Crippen molar-refractivity contribution >= 4 is 51.3 Å². The number of hydrogen-bond acceptors (Lipinski definition) is 7. The molecule has 1 heterocycles. The SMILES string of the molecule is CCOC(=O)c1cccc(N=C2SC(=Cc3ccc(OCc4cccc5ccccc45)c(OCC)c3)C(=O)N2CC)c1. The van der Waals surface area contributed by atoms with Crippen LogP contribution >= 0.6 is 11.8 Å². The third kappa shape index (κ3) is 6.50. The molecule has 7 nitrogen and oxygen atoms in total. The van der Waals surface area contributed by atoms with Gasteiger partial charge in [-0.3, -0.25) is 9.69 Å². The number of fused-ring (bicyclic) bond motifs is 1. The van der Waals surface area contributed by atoms with Crippen LogP contribution in [-0.2, 0) is 16.1 Å². The molecule has 0 unspecified atom stereocenters. The molecule has 0 saturated carbocycles. The maximum absolute atomic E-state index is 13.3. The number of ether oxygens (including phenoxy) is 3. The largest absolute Gasteiger partial charge is 0.490 e. The summed E-state index contributed by atoms with van der Waals surface area (Å²) in [6.45, 7) is 7.23. The van der Waals surface area contributed by atoms with E-state index in [4.69, 9.17) is 14.2 Å². The Morgan fingerprint density at radius 1 is 0.881 bits per heavy atom. The quantitative estimate of drug-likeness (QED) is 0.142. The highest BCUT2D eigenvalue weighted by atomic mass is 32.2. The lowest BCUT2D eigenvalue weighted by atomic mass is 10.1. The van der Waals surface area contributed by atoms with Gasteiger partial charge >= 0.3 is 5.97 Å². The minimum atomic E-state index is -0.405. The highest BCUT2D eigenvalue weighted by Crippen LogP contribution is 2.36. The minimum Gasteiger partial charge on any atom is -0.490 e. The first-order valence-electron chi connectivity index (χ1n) is 13.9. The number of esters is 1. The summed E-state index contributed by atoms with van der Waals surface area (Å²) >= 11 is 1.30. The molecule has 1 aliphatic heterocycles. The molecule has 0 spiro atoms. The second-order valence-electron chi connectivity index (χ2n) is 9.39. The summed E-state index contributed by atoms with van der Waals surface area (Å²) in [6.07, 6.45) is 1.84. The normalized spacial score (nSPS) is 15.0. The van der Waals surface area contributed by atoms with Crippen molar-refractivity contribution in [1.82, 2.24) is 4.90 Å². The van der Waals surface area contributed by atoms with Gasteiger partial charge in [-0.05, 0) is 90.8 Å². The Balaban J connectivity index is 1.37. The molecule has 4 aromatic carbocycles. The topological polar surface area (TPSA) is 77.4 Å². The molecule has 1 amide bonds. The number of aliphatic imine (C=N–C) groups is 1. The number of carbonyl (C=O) groups excluding carboxylic acids is 2. The van der Waals surface area contributed by atoms with Crippen molar-refractivity contribution in [3.8, 4) is 11.5 Å². The predicted molar refractivity (Wildman–Crippen MR) is 168 cm³/mol. The van der Waals surface area contributed by atoms with Gasteiger partial charge in [-0.2, -0.15) is 0 Å². The van der Waals surface area contributed by atoms with Gasteiger partial charge in [-0.1, -0.05) is 54.6 Å². The number of benzene rings is 4. The molecular weight excluding hydrogens is 548 g/mol. The molecule has 0 radical (unpaired) electrons. The van der Waals surface area contributed by atoms with E-state index in [1.165, 1.54) is 17.1 Å². The maximum atomic E-state index is 13.3. The summed E-state index contributed by atoms with van der Waals surface area (Å²) in [7, 11) is 0. The third-order valence-corrected chi connectivity index (χ3v) is 7.62. The van der Waals surface area contributed by atoms with Gasteiger partial charge in [0.05, 0.1) is 29.4 Å². The summed E-state index contributed by atoms with van der Waals surface area (Å²) in [4.78, 5) is 32.3. The highest BCUT2D eigenvalue weighted by Gasteiger charge is 2.32. The second kappa shape index (κ2) is 13.4. The summed E-state index contributed by atoms with van der Waals surface area (Å²) < 4.78 is 17.2. The fraction of sp³-hybridized carbons (Fsp3) is 0.206. The zero-order valence-electron chi connectivity index (χ0n) is 23.8. The van der Waals surface area contributed by atoms with E-state index in [0.29, 0.717) is 59.2 Å². The first-order chi connectivity index (χ1) is 20.5. The molecule has 1 aliphatic rings. The zero-order valence-corrected chi connectivity index (χ0v) is 24.6. The van der Waals surface area contributed by atoms with Crippen molar-refractivity contribution in [3.63, 3.8) is 0 Å². The van der Waals surface area contributed by atoms with Crippen molar-refractivity contribution in [2.75, 3.05) is 19.8 Å². The predicted octanol–water partition coefficient (Wildman–Crippen LogP) is 7.62. The number of rotatable bonds is 10. The van der Waals surface area contributed by atoms with Crippen molar-refractivity contribution < 1.29 is 23.8 Å². The summed E-state index contributed by atoms with van der Waals surface area (Å²) in [5.41, 5.74) is 2.89. The number of hydrogen-bond donors (Lipinski definition) is 0. The van der Waals surface area contributed by atoms with Gasteiger partial charge in [0.2, 0.25) is 0 Å². The summed E-state index contributed by atoms with van der Waals surface area (Å²) in [6, 6.07) is 27.0. The molecule has 0 bridgehead atoms. The maximum Gasteiger partial charge on any atom is 0.338 e. The molecule has 42 heavy (non-hydrogen) atoms. The average Bonchev–Trinajstić information content (AvgIpc) is 3.30. The van der Waals surface area contributed by atoms with Crippen LogP contribution in [0.5, 0.6) is 11.5 Å². The molecule has 0 aromatic heterocycles. The van der Waals surface area contributed by atoms with Crippen LogP contribution in [0.4, 0.5) is 5.69 Å². The van der Waals surface area contributed by atoms with E-state index in [1.807, 2.05) is 56.3 Å². The number of carbonyl (C=O) groups is 2. The first-order valence-corrected chi connectivity index (χ1v) is 14.8. The second-order valence-corrected chi connectivity index (χ2v) is 10.4. The standard InChI is InChI=1S/C34H32N2O5S/c1-4-36-32(37)31(42-34(36)35-27-15-10-13-25(21-27)33(38)40-6-3)20-23-17-18-29(30(19-23)39-5-2)41-22-26-14-9-12-24-11-7-8-16-28(24)26/h7-21H,4-6,22H2,1-3H3. The third-order valence-electron chi connectivity index (χ3n) is 6.61. The van der Waals surface area contributed by atoms with E-state index in [1.54, 1.807) is 36.1 Å². The molecule has 0 N–H and O–H groups in total. The molecule has 8 heteroatoms. The Morgan fingerprint density at radius 3 is 2.50 bits per heavy atom. The lowest BCUT2D eigenvalue weighted by Crippen LogP contribution is -2.28. The van der Waals surface area contributed by atoms with Crippen LogP contribution in [0.1, 0.15) is 42.3 Å². The lowest BCUT2D eigenvalue weighted by molar-refractivity contribution is -0.122. The smallest absolute Gasteiger partial charge is 0.338 e. The van der Waals surface area contributed by atoms with Gasteiger partial charge < -0.3 is 14.2 Å². The van der Waals surface area contributed by atoms with E-state index in [-0.39, 0.29) is 5.91 Å². The number of likely N-dealkylation sites (N-methyl/N-ethyl adjacent to an activating group) is 1. The lowest BCUT2D eigenvalue weighted by Gasteiger charge is -2.14. The summed E-state index contributed by atoms with van der Waals surface area (Å²) in [5, 5.41) is 2.87. The highest BCUT2D eigenvalue weighted by molar-refractivity contribution is 8.18. The fourth-order valence-electron chi connectivity index (χ4n) is 4.62. The van der Waals surface area contributed by atoms with Gasteiger partial charge in [-0.15, -0.1) is 0 Å². The van der Waals surface area contributed by atoms with Gasteiger partial charge in [-0.25, -0.2) is 9.79 Å². The molecule has 0 aliphatic carbocycles. The van der Waals surface area contributed by atoms with E-state index < -0.39 is 5.97 Å². The van der Waals surface area contributed by atoms with E-state index in [2.05, 4.69) is 29.3 Å². The molecule has 5 rings (SSSR count). The Kier molecular flexibility index (Phi) is 9.24. The Labute approximate surface area is 249 Å². The summed E-state index contributed by atoms with van der Waals surface area (Å²) in [5.74, 6) is 0.713. The number of thioether (sulfide) groups is 1. The average molecular weight is 581 g/mol. The Hall–Kier alpha value is -4.56. The molecule has 0 atom stereocenters. The van der Waals surface area contributed by atoms with E-state index >= 15 is 0 Å². The zero-order chi connectivity index (χ0) is 29.5. The number of amides is 1. The monoisotopic (exact) mass is 580 g/mol. The van der Waals surface area contributed by atoms with Crippen molar-refractivity contribution in [2.24, 2.45) is 4.99 Å². The van der Waals surface area contributed by atoms with E-state index in [9.17, 15) is 9.59 Å². The van der Waals surface area contributed by atoms with Crippen LogP contribution in [-0.4, -0.2) is 41.7 Å². The van der Waals surface area contributed by atoms with Crippen LogP contribution in [0.15, 0.2) is 94.8 Å². The van der Waals surface area contributed by atoms with E-state index in [0.717, 1.165) is 16.5 Å². The van der Waals surface area contributed by atoms with Crippen LogP contribution in [0.25, 0.3) is 16.8 Å². The van der Waals surface area contributed by atoms with Crippen molar-refractivity contribution in [3.05, 3.63) is 107 Å². The van der Waals surface area contributed by atoms with Gasteiger partial charge in [0.15, 0.2) is 16.7 Å². The van der Waals surface area contributed by atoms with Crippen LogP contribution in [0, 0.1) is 0 Å². The fourth-order valence-corrected chi connectivity index (χ4v) is 5.69. The van der Waals surface area contributed by atoms with Gasteiger partial charge in [0.1, 0.15) is 6.61 Å². The van der Waals surface area contributed by atoms with Crippen molar-refractivity contribution in [1.29, 1.82) is 0 Å². The minimum absolute atomic E-state index is 0.128. The Bertz CT molecular complexity index is 1670. The van der Waals surface area contributed by atoms with Crippen LogP contribution < -0.4 is 9.47 Å². The van der Waals surface area contributed by atoms with Crippen LogP contribution in [0.3, 0.4) is 0 Å². The van der Waals surface area contributed by atoms with Crippen LogP contribution in [0.2, 0.25) is 0 Å². The first kappa shape index (κ1) is 29.0. The molecular formula is C34H32N2O5S. The van der Waals surface area contributed by atoms with Crippen molar-refractivity contribution in [2.45, 2.75) is 27.4 Å². The Morgan fingerprint density at radius 2 is 1.69 bits per heavy atom. The van der Waals surface area contributed by atoms with Gasteiger partial charge in [0, 0.05) is 6.54 Å².